The molecule has 0 aliphatic carbocycles. The maximum absolute atomic E-state index is 11.8. The quantitative estimate of drug-likeness (QED) is 0.569. The molecule has 0 atom stereocenters. The molecular weight excluding hydrogens is 409 g/mol. The van der Waals surface area contributed by atoms with Gasteiger partial charge in [0.25, 0.3) is 5.91 Å². The number of rotatable bonds is 6. The molecule has 0 unspecified atom stereocenters. The molecule has 0 aromatic heterocycles. The Morgan fingerprint density at radius 2 is 1.87 bits per heavy atom. The molecule has 0 aliphatic rings. The number of esters is 1. The third-order valence-electron chi connectivity index (χ3n) is 2.84. The van der Waals surface area contributed by atoms with E-state index in [4.69, 9.17) is 9.47 Å². The SMILES string of the molecule is CCOC(=O)c1ccc(OCC(=O)Nc2cccc(I)c2)cc1. The van der Waals surface area contributed by atoms with Crippen molar-refractivity contribution in [3.8, 4) is 5.75 Å². The van der Waals surface area contributed by atoms with Crippen molar-refractivity contribution in [1.82, 2.24) is 0 Å². The van der Waals surface area contributed by atoms with Gasteiger partial charge in [-0.25, -0.2) is 4.79 Å². The van der Waals surface area contributed by atoms with Gasteiger partial charge in [0.1, 0.15) is 5.75 Å². The van der Waals surface area contributed by atoms with Crippen LogP contribution in [0.15, 0.2) is 48.5 Å². The maximum atomic E-state index is 11.8. The van der Waals surface area contributed by atoms with E-state index in [1.165, 1.54) is 0 Å². The van der Waals surface area contributed by atoms with E-state index in [-0.39, 0.29) is 18.5 Å². The summed E-state index contributed by atoms with van der Waals surface area (Å²) in [5, 5.41) is 2.76. The Morgan fingerprint density at radius 1 is 1.13 bits per heavy atom. The minimum absolute atomic E-state index is 0.107. The van der Waals surface area contributed by atoms with E-state index in [1.54, 1.807) is 31.2 Å². The number of carbonyl (C=O) groups excluding carboxylic acids is 2. The highest BCUT2D eigenvalue weighted by Gasteiger charge is 2.07. The lowest BCUT2D eigenvalue weighted by molar-refractivity contribution is -0.118. The predicted molar refractivity (Wildman–Crippen MR) is 95.7 cm³/mol. The summed E-state index contributed by atoms with van der Waals surface area (Å²) < 4.78 is 11.3. The highest BCUT2D eigenvalue weighted by molar-refractivity contribution is 14.1. The molecule has 23 heavy (non-hydrogen) atoms. The predicted octanol–water partition coefficient (Wildman–Crippen LogP) is 3.49. The van der Waals surface area contributed by atoms with Crippen LogP contribution in [0.4, 0.5) is 5.69 Å². The average molecular weight is 425 g/mol. The molecule has 120 valence electrons. The lowest BCUT2D eigenvalue weighted by atomic mass is 10.2. The number of amides is 1. The van der Waals surface area contributed by atoms with E-state index in [9.17, 15) is 9.59 Å². The standard InChI is InChI=1S/C17H16INO4/c1-2-22-17(21)12-6-8-15(9-7-12)23-11-16(20)19-14-5-3-4-13(18)10-14/h3-10H,2,11H2,1H3,(H,19,20). The molecule has 0 aliphatic heterocycles. The summed E-state index contributed by atoms with van der Waals surface area (Å²) in [7, 11) is 0. The third-order valence-corrected chi connectivity index (χ3v) is 3.51. The minimum Gasteiger partial charge on any atom is -0.484 e. The zero-order valence-electron chi connectivity index (χ0n) is 12.5. The van der Waals surface area contributed by atoms with Crippen LogP contribution in [0.1, 0.15) is 17.3 Å². The molecule has 1 amide bonds. The first kappa shape index (κ1) is 17.3. The molecule has 2 aromatic carbocycles. The first-order chi connectivity index (χ1) is 11.1. The van der Waals surface area contributed by atoms with Crippen LogP contribution >= 0.6 is 22.6 Å². The van der Waals surface area contributed by atoms with Crippen molar-refractivity contribution in [2.75, 3.05) is 18.5 Å². The number of carbonyl (C=O) groups is 2. The Kier molecular flexibility index (Phi) is 6.40. The van der Waals surface area contributed by atoms with Crippen LogP contribution < -0.4 is 10.1 Å². The van der Waals surface area contributed by atoms with Crippen LogP contribution in [0.3, 0.4) is 0 Å². The summed E-state index contributed by atoms with van der Waals surface area (Å²) in [4.78, 5) is 23.4. The first-order valence-electron chi connectivity index (χ1n) is 7.04. The molecule has 2 aromatic rings. The summed E-state index contributed by atoms with van der Waals surface area (Å²) in [6.07, 6.45) is 0. The molecule has 0 radical (unpaired) electrons. The van der Waals surface area contributed by atoms with Gasteiger partial charge < -0.3 is 14.8 Å². The van der Waals surface area contributed by atoms with Gasteiger partial charge in [0, 0.05) is 9.26 Å². The number of hydrogen-bond acceptors (Lipinski definition) is 4. The Balaban J connectivity index is 1.85. The normalized spacial score (nSPS) is 10.0. The molecule has 0 saturated heterocycles. The Labute approximate surface area is 148 Å². The van der Waals surface area contributed by atoms with Crippen LogP contribution in [-0.2, 0) is 9.53 Å². The van der Waals surface area contributed by atoms with Crippen molar-refractivity contribution in [2.24, 2.45) is 0 Å². The van der Waals surface area contributed by atoms with Crippen LogP contribution in [0, 0.1) is 3.57 Å². The fraction of sp³-hybridized carbons (Fsp3) is 0.176. The van der Waals surface area contributed by atoms with E-state index in [1.807, 2.05) is 24.3 Å². The van der Waals surface area contributed by atoms with Gasteiger partial charge in [-0.3, -0.25) is 4.79 Å². The molecule has 0 heterocycles. The van der Waals surface area contributed by atoms with Gasteiger partial charge in [-0.2, -0.15) is 0 Å². The molecule has 6 heteroatoms. The fourth-order valence-corrected chi connectivity index (χ4v) is 2.36. The Morgan fingerprint density at radius 3 is 2.52 bits per heavy atom. The number of nitrogens with one attached hydrogen (secondary N) is 1. The Hall–Kier alpha value is -2.09. The second kappa shape index (κ2) is 8.52. The summed E-state index contributed by atoms with van der Waals surface area (Å²) in [5.74, 6) is -0.118. The lowest BCUT2D eigenvalue weighted by Gasteiger charge is -2.08. The van der Waals surface area contributed by atoms with Crippen LogP contribution in [-0.4, -0.2) is 25.1 Å². The fourth-order valence-electron chi connectivity index (χ4n) is 1.81. The first-order valence-corrected chi connectivity index (χ1v) is 8.11. The second-order valence-corrected chi connectivity index (χ2v) is 5.84. The number of benzene rings is 2. The zero-order valence-corrected chi connectivity index (χ0v) is 14.7. The number of hydrogen-bond donors (Lipinski definition) is 1. The average Bonchev–Trinajstić information content (AvgIpc) is 2.54. The summed E-state index contributed by atoms with van der Waals surface area (Å²) >= 11 is 2.18. The molecule has 5 nitrogen and oxygen atoms in total. The van der Waals surface area contributed by atoms with Crippen molar-refractivity contribution in [3.05, 3.63) is 57.7 Å². The molecule has 1 N–H and O–H groups in total. The molecule has 0 saturated carbocycles. The van der Waals surface area contributed by atoms with Crippen molar-refractivity contribution < 1.29 is 19.1 Å². The van der Waals surface area contributed by atoms with Gasteiger partial charge in [0.05, 0.1) is 12.2 Å². The summed E-state index contributed by atoms with van der Waals surface area (Å²) in [6, 6.07) is 14.0. The van der Waals surface area contributed by atoms with E-state index in [2.05, 4.69) is 27.9 Å². The topological polar surface area (TPSA) is 64.6 Å². The maximum Gasteiger partial charge on any atom is 0.338 e. The summed E-state index contributed by atoms with van der Waals surface area (Å²) in [5.41, 5.74) is 1.17. The number of ether oxygens (including phenoxy) is 2. The third kappa shape index (κ3) is 5.55. The monoisotopic (exact) mass is 425 g/mol. The van der Waals surface area contributed by atoms with Gasteiger partial charge in [0.15, 0.2) is 6.61 Å². The highest BCUT2D eigenvalue weighted by atomic mass is 127. The van der Waals surface area contributed by atoms with Crippen LogP contribution in [0.25, 0.3) is 0 Å². The molecular formula is C17H16INO4. The molecule has 2 rings (SSSR count). The van der Waals surface area contributed by atoms with E-state index in [0.29, 0.717) is 17.9 Å². The van der Waals surface area contributed by atoms with Crippen LogP contribution in [0.2, 0.25) is 0 Å². The van der Waals surface area contributed by atoms with Gasteiger partial charge in [-0.1, -0.05) is 6.07 Å². The number of halogens is 1. The Bertz CT molecular complexity index is 685. The molecule has 0 spiro atoms. The van der Waals surface area contributed by atoms with Crippen molar-refractivity contribution in [3.63, 3.8) is 0 Å². The summed E-state index contributed by atoms with van der Waals surface area (Å²) in [6.45, 7) is 1.97. The zero-order chi connectivity index (χ0) is 16.7. The number of anilines is 1. The van der Waals surface area contributed by atoms with Gasteiger partial charge in [-0.05, 0) is 72.0 Å². The minimum atomic E-state index is -0.379. The largest absolute Gasteiger partial charge is 0.484 e. The second-order valence-electron chi connectivity index (χ2n) is 4.59. The van der Waals surface area contributed by atoms with Crippen LogP contribution in [0.5, 0.6) is 5.75 Å². The van der Waals surface area contributed by atoms with E-state index < -0.39 is 0 Å². The van der Waals surface area contributed by atoms with E-state index in [0.717, 1.165) is 9.26 Å². The molecule has 0 fully saturated rings. The highest BCUT2D eigenvalue weighted by Crippen LogP contribution is 2.14. The lowest BCUT2D eigenvalue weighted by Crippen LogP contribution is -2.20. The van der Waals surface area contributed by atoms with Gasteiger partial charge in [0.2, 0.25) is 0 Å². The molecule has 0 bridgehead atoms. The van der Waals surface area contributed by atoms with Crippen molar-refractivity contribution >= 4 is 40.2 Å². The van der Waals surface area contributed by atoms with Crippen molar-refractivity contribution in [1.29, 1.82) is 0 Å². The smallest absolute Gasteiger partial charge is 0.338 e. The van der Waals surface area contributed by atoms with Gasteiger partial charge >= 0.3 is 5.97 Å². The van der Waals surface area contributed by atoms with E-state index >= 15 is 0 Å². The van der Waals surface area contributed by atoms with Crippen molar-refractivity contribution in [2.45, 2.75) is 6.92 Å². The van der Waals surface area contributed by atoms with Gasteiger partial charge in [-0.15, -0.1) is 0 Å².